The summed E-state index contributed by atoms with van der Waals surface area (Å²) in [5, 5.41) is 8.32. The molecule has 1 atom stereocenters. The van der Waals surface area contributed by atoms with Gasteiger partial charge < -0.3 is 5.11 Å². The number of carboxylic acids is 1. The summed E-state index contributed by atoms with van der Waals surface area (Å²) in [5.74, 6) is -2.10. The molecule has 10 heavy (non-hydrogen) atoms. The predicted octanol–water partition coefficient (Wildman–Crippen LogP) is 0.305. The molecule has 0 saturated carbocycles. The second kappa shape index (κ2) is 5.89. The van der Waals surface area contributed by atoms with E-state index in [0.717, 1.165) is 0 Å². The summed E-state index contributed by atoms with van der Waals surface area (Å²) in [6, 6.07) is 0. The largest absolute Gasteiger partial charge is 0.481 e. The average Bonchev–Trinajstić information content (AvgIpc) is 1.64. The van der Waals surface area contributed by atoms with Gasteiger partial charge in [-0.1, -0.05) is 6.92 Å². The van der Waals surface area contributed by atoms with Gasteiger partial charge in [-0.3, -0.25) is 9.59 Å². The van der Waals surface area contributed by atoms with E-state index in [4.69, 9.17) is 5.11 Å². The molecule has 1 radical (unpaired) electrons. The van der Waals surface area contributed by atoms with Gasteiger partial charge in [0.1, 0.15) is 11.7 Å². The first kappa shape index (κ1) is 12.8. The van der Waals surface area contributed by atoms with Crippen molar-refractivity contribution >= 4 is 41.3 Å². The van der Waals surface area contributed by atoms with Crippen LogP contribution in [-0.2, 0) is 9.59 Å². The van der Waals surface area contributed by atoms with Crippen molar-refractivity contribution in [2.24, 2.45) is 5.92 Å². The monoisotopic (exact) mass is 153 g/mol. The first-order valence-electron chi connectivity index (χ1n) is 2.82. The first-order chi connectivity index (χ1) is 4.09. The zero-order chi connectivity index (χ0) is 7.44. The molecule has 0 aromatic rings. The van der Waals surface area contributed by atoms with Crippen molar-refractivity contribution in [2.75, 3.05) is 0 Å². The molecule has 0 fully saturated rings. The van der Waals surface area contributed by atoms with E-state index in [0.29, 0.717) is 6.42 Å². The van der Waals surface area contributed by atoms with Crippen molar-refractivity contribution < 1.29 is 14.7 Å². The molecule has 0 aromatic carbocycles. The summed E-state index contributed by atoms with van der Waals surface area (Å²) in [5.41, 5.74) is 0. The minimum atomic E-state index is -1.02. The summed E-state index contributed by atoms with van der Waals surface area (Å²) in [7, 11) is 0. The second-order valence-corrected chi connectivity index (χ2v) is 1.91. The van der Waals surface area contributed by atoms with Crippen molar-refractivity contribution in [1.82, 2.24) is 0 Å². The maximum atomic E-state index is 10.4. The Morgan fingerprint density at radius 2 is 1.90 bits per heavy atom. The van der Waals surface area contributed by atoms with E-state index in [2.05, 4.69) is 0 Å². The SMILES string of the molecule is CCC(C(C)=O)C(=O)O.[Na]. The quantitative estimate of drug-likeness (QED) is 0.468. The second-order valence-electron chi connectivity index (χ2n) is 1.91. The number of Topliss-reactive ketones (excluding diaryl/α,β-unsaturated/α-hetero) is 1. The van der Waals surface area contributed by atoms with E-state index in [1.807, 2.05) is 0 Å². The van der Waals surface area contributed by atoms with Gasteiger partial charge in [0.15, 0.2) is 0 Å². The van der Waals surface area contributed by atoms with Crippen LogP contribution in [0.4, 0.5) is 0 Å². The van der Waals surface area contributed by atoms with Crippen molar-refractivity contribution in [3.63, 3.8) is 0 Å². The van der Waals surface area contributed by atoms with Crippen molar-refractivity contribution in [1.29, 1.82) is 0 Å². The van der Waals surface area contributed by atoms with Crippen molar-refractivity contribution in [3.05, 3.63) is 0 Å². The Labute approximate surface area is 82.1 Å². The predicted molar refractivity (Wildman–Crippen MR) is 37.9 cm³/mol. The third kappa shape index (κ3) is 4.04. The van der Waals surface area contributed by atoms with Crippen LogP contribution in [0.5, 0.6) is 0 Å². The molecule has 0 aliphatic heterocycles. The molecule has 0 saturated heterocycles. The molecule has 1 N–H and O–H groups in total. The van der Waals surface area contributed by atoms with Gasteiger partial charge >= 0.3 is 5.97 Å². The molecule has 4 heteroatoms. The number of carbonyl (C=O) groups is 2. The Morgan fingerprint density at radius 1 is 1.50 bits per heavy atom. The number of rotatable bonds is 3. The molecular weight excluding hydrogens is 143 g/mol. The third-order valence-corrected chi connectivity index (χ3v) is 1.20. The van der Waals surface area contributed by atoms with Crippen LogP contribution in [0.2, 0.25) is 0 Å². The Balaban J connectivity index is 0. The van der Waals surface area contributed by atoms with Crippen LogP contribution in [0.15, 0.2) is 0 Å². The zero-order valence-corrected chi connectivity index (χ0v) is 8.55. The summed E-state index contributed by atoms with van der Waals surface area (Å²) in [6.07, 6.45) is 0.380. The number of carbonyl (C=O) groups excluding carboxylic acids is 1. The summed E-state index contributed by atoms with van der Waals surface area (Å²) >= 11 is 0. The molecule has 0 rings (SSSR count). The van der Waals surface area contributed by atoms with E-state index in [1.54, 1.807) is 6.92 Å². The zero-order valence-electron chi connectivity index (χ0n) is 6.55. The van der Waals surface area contributed by atoms with Gasteiger partial charge in [0, 0.05) is 29.6 Å². The molecule has 53 valence electrons. The van der Waals surface area contributed by atoms with Crippen molar-refractivity contribution in [3.8, 4) is 0 Å². The minimum absolute atomic E-state index is 0. The molecule has 0 aliphatic rings. The molecule has 0 spiro atoms. The Morgan fingerprint density at radius 3 is 1.90 bits per heavy atom. The van der Waals surface area contributed by atoms with E-state index in [1.165, 1.54) is 6.92 Å². The molecule has 3 nitrogen and oxygen atoms in total. The fraction of sp³-hybridized carbons (Fsp3) is 0.667. The number of hydrogen-bond donors (Lipinski definition) is 1. The molecule has 0 heterocycles. The first-order valence-corrected chi connectivity index (χ1v) is 2.82. The van der Waals surface area contributed by atoms with Gasteiger partial charge in [-0.2, -0.15) is 0 Å². The normalized spacial score (nSPS) is 11.4. The topological polar surface area (TPSA) is 54.4 Å². The number of ketones is 1. The molecule has 0 bridgehead atoms. The van der Waals surface area contributed by atoms with Crippen LogP contribution in [0.3, 0.4) is 0 Å². The Hall–Kier alpha value is 0.140. The van der Waals surface area contributed by atoms with Gasteiger partial charge in [-0.25, -0.2) is 0 Å². The van der Waals surface area contributed by atoms with Crippen LogP contribution in [0.25, 0.3) is 0 Å². The van der Waals surface area contributed by atoms with Crippen molar-refractivity contribution in [2.45, 2.75) is 20.3 Å². The number of aliphatic carboxylic acids is 1. The van der Waals surface area contributed by atoms with Gasteiger partial charge in [-0.15, -0.1) is 0 Å². The average molecular weight is 153 g/mol. The smallest absolute Gasteiger partial charge is 0.314 e. The van der Waals surface area contributed by atoms with Gasteiger partial charge in [0.05, 0.1) is 0 Å². The van der Waals surface area contributed by atoms with Crippen LogP contribution in [-0.4, -0.2) is 46.4 Å². The standard InChI is InChI=1S/C6H10O3.Na/c1-3-5(4(2)7)6(8)9;/h5H,3H2,1-2H3,(H,8,9);. The Bertz CT molecular complexity index is 119. The summed E-state index contributed by atoms with van der Waals surface area (Å²) in [6.45, 7) is 2.97. The molecule has 0 amide bonds. The van der Waals surface area contributed by atoms with Crippen LogP contribution in [0.1, 0.15) is 20.3 Å². The molecular formula is C6H10NaO3. The van der Waals surface area contributed by atoms with E-state index < -0.39 is 11.9 Å². The fourth-order valence-corrected chi connectivity index (χ4v) is 0.636. The van der Waals surface area contributed by atoms with Crippen LogP contribution >= 0.6 is 0 Å². The fourth-order valence-electron chi connectivity index (χ4n) is 0.636. The van der Waals surface area contributed by atoms with Gasteiger partial charge in [-0.05, 0) is 13.3 Å². The molecule has 0 aliphatic carbocycles. The van der Waals surface area contributed by atoms with Crippen LogP contribution < -0.4 is 0 Å². The summed E-state index contributed by atoms with van der Waals surface area (Å²) < 4.78 is 0. The van der Waals surface area contributed by atoms with E-state index in [9.17, 15) is 9.59 Å². The van der Waals surface area contributed by atoms with Gasteiger partial charge in [0.2, 0.25) is 0 Å². The maximum Gasteiger partial charge on any atom is 0.314 e. The number of carboxylic acid groups (broad SMARTS) is 1. The molecule has 1 unspecified atom stereocenters. The van der Waals surface area contributed by atoms with Gasteiger partial charge in [0.25, 0.3) is 0 Å². The Kier molecular flexibility index (Phi) is 7.53. The third-order valence-electron chi connectivity index (χ3n) is 1.20. The maximum absolute atomic E-state index is 10.4. The van der Waals surface area contributed by atoms with E-state index in [-0.39, 0.29) is 35.3 Å². The minimum Gasteiger partial charge on any atom is -0.481 e. The number of hydrogen-bond acceptors (Lipinski definition) is 2. The summed E-state index contributed by atoms with van der Waals surface area (Å²) in [4.78, 5) is 20.6. The van der Waals surface area contributed by atoms with Crippen LogP contribution in [0, 0.1) is 5.92 Å². The molecule has 0 aromatic heterocycles. The van der Waals surface area contributed by atoms with E-state index >= 15 is 0 Å².